The predicted molar refractivity (Wildman–Crippen MR) is 55.9 cm³/mol. The highest BCUT2D eigenvalue weighted by Crippen LogP contribution is 2.22. The number of nitrogens with two attached hydrogens (primary N) is 1. The lowest BCUT2D eigenvalue weighted by atomic mass is 10.3. The zero-order chi connectivity index (χ0) is 10.3. The van der Waals surface area contributed by atoms with Crippen molar-refractivity contribution in [2.75, 3.05) is 12.0 Å². The quantitative estimate of drug-likeness (QED) is 0.782. The van der Waals surface area contributed by atoms with Crippen LogP contribution in [0.2, 0.25) is 0 Å². The van der Waals surface area contributed by atoms with Crippen LogP contribution in [0.3, 0.4) is 0 Å². The molecule has 4 nitrogen and oxygen atoms in total. The molecule has 74 valence electrons. The number of aromatic nitrogens is 1. The van der Waals surface area contributed by atoms with Crippen LogP contribution in [0, 0.1) is 0 Å². The van der Waals surface area contributed by atoms with E-state index in [-0.39, 0.29) is 0 Å². The molecule has 3 N–H and O–H groups in total. The maximum Gasteiger partial charge on any atom is 0.330 e. The molecule has 0 saturated heterocycles. The van der Waals surface area contributed by atoms with Crippen molar-refractivity contribution in [3.8, 4) is 0 Å². The molecule has 0 amide bonds. The zero-order valence-electron chi connectivity index (χ0n) is 7.44. The average Bonchev–Trinajstić information content (AvgIpc) is 2.41. The molecule has 1 aromatic heterocycles. The molecule has 0 bridgehead atoms. The van der Waals surface area contributed by atoms with Gasteiger partial charge in [0.1, 0.15) is 5.52 Å². The number of hydrogen-bond donors (Lipinski definition) is 1. The van der Waals surface area contributed by atoms with E-state index >= 15 is 0 Å². The third-order valence-electron chi connectivity index (χ3n) is 1.86. The van der Waals surface area contributed by atoms with E-state index in [4.69, 9.17) is 5.73 Å². The Morgan fingerprint density at radius 2 is 2.14 bits per heavy atom. The van der Waals surface area contributed by atoms with Gasteiger partial charge in [0.15, 0.2) is 9.84 Å². The second kappa shape index (κ2) is 2.93. The van der Waals surface area contributed by atoms with Gasteiger partial charge in [0.05, 0.1) is 9.60 Å². The van der Waals surface area contributed by atoms with Crippen molar-refractivity contribution in [3.63, 3.8) is 0 Å². The molecule has 1 aromatic carbocycles. The Balaban J connectivity index is 2.74. The minimum Gasteiger partial charge on any atom is -0.278 e. The van der Waals surface area contributed by atoms with Crippen LogP contribution < -0.4 is 10.7 Å². The number of fused-ring (bicyclic) bond motifs is 1. The maximum atomic E-state index is 11.2. The summed E-state index contributed by atoms with van der Waals surface area (Å²) in [5.74, 6) is 0. The number of hydrogen-bond acceptors (Lipinski definition) is 4. The molecule has 0 aliphatic rings. The number of thiazole rings is 1. The van der Waals surface area contributed by atoms with Crippen LogP contribution in [0.15, 0.2) is 23.1 Å². The molecular weight excluding hydrogens is 220 g/mol. The highest BCUT2D eigenvalue weighted by molar-refractivity contribution is 7.90. The second-order valence-electron chi connectivity index (χ2n) is 3.02. The van der Waals surface area contributed by atoms with Gasteiger partial charge < -0.3 is 0 Å². The van der Waals surface area contributed by atoms with Gasteiger partial charge in [-0.2, -0.15) is 0 Å². The molecule has 6 heteroatoms. The molecule has 0 saturated carbocycles. The number of rotatable bonds is 1. The summed E-state index contributed by atoms with van der Waals surface area (Å²) in [6.07, 6.45) is 1.19. The molecule has 0 radical (unpaired) electrons. The number of benzene rings is 1. The molecule has 0 spiro atoms. The van der Waals surface area contributed by atoms with Gasteiger partial charge in [-0.1, -0.05) is 0 Å². The largest absolute Gasteiger partial charge is 0.330 e. The molecule has 1 heterocycles. The van der Waals surface area contributed by atoms with Crippen LogP contribution >= 0.6 is 11.3 Å². The van der Waals surface area contributed by atoms with Gasteiger partial charge in [-0.25, -0.2) is 13.4 Å². The molecule has 0 atom stereocenters. The van der Waals surface area contributed by atoms with Crippen molar-refractivity contribution in [3.05, 3.63) is 18.2 Å². The molecule has 0 aliphatic carbocycles. The lowest BCUT2D eigenvalue weighted by Gasteiger charge is -1.95. The Morgan fingerprint density at radius 3 is 2.79 bits per heavy atom. The van der Waals surface area contributed by atoms with Crippen LogP contribution in [0.5, 0.6) is 0 Å². The minimum atomic E-state index is -3.13. The second-order valence-corrected chi connectivity index (χ2v) is 6.12. The number of sulfone groups is 1. The van der Waals surface area contributed by atoms with Crippen molar-refractivity contribution < 1.29 is 13.4 Å². The van der Waals surface area contributed by atoms with Crippen molar-refractivity contribution in [1.29, 1.82) is 0 Å². The first-order chi connectivity index (χ1) is 6.47. The summed E-state index contributed by atoms with van der Waals surface area (Å²) in [4.78, 5) is 3.26. The number of aromatic amines is 1. The van der Waals surface area contributed by atoms with Gasteiger partial charge in [0, 0.05) is 6.26 Å². The Labute approximate surface area is 85.3 Å². The van der Waals surface area contributed by atoms with E-state index < -0.39 is 9.84 Å². The van der Waals surface area contributed by atoms with Gasteiger partial charge in [-0.15, -0.1) is 0 Å². The normalized spacial score (nSPS) is 12.1. The Kier molecular flexibility index (Phi) is 1.97. The summed E-state index contributed by atoms with van der Waals surface area (Å²) < 4.78 is 23.3. The van der Waals surface area contributed by atoms with E-state index in [0.717, 1.165) is 10.2 Å². The first kappa shape index (κ1) is 9.42. The lowest BCUT2D eigenvalue weighted by Crippen LogP contribution is -2.03. The van der Waals surface area contributed by atoms with E-state index in [2.05, 4.69) is 4.98 Å². The number of nitrogens with one attached hydrogen (secondary N) is 1. The van der Waals surface area contributed by atoms with Crippen molar-refractivity contribution in [2.45, 2.75) is 4.90 Å². The van der Waals surface area contributed by atoms with Crippen LogP contribution in [0.25, 0.3) is 10.2 Å². The van der Waals surface area contributed by atoms with Crippen molar-refractivity contribution in [2.24, 2.45) is 0 Å². The fraction of sp³-hybridized carbons (Fsp3) is 0.125. The Hall–Kier alpha value is -1.14. The fourth-order valence-corrected chi connectivity index (χ4v) is 2.73. The van der Waals surface area contributed by atoms with Crippen LogP contribution in [-0.4, -0.2) is 14.7 Å². The standard InChI is InChI=1S/C8H8N2O2S2/c1-14(11,12)5-2-3-6-7(4-5)13-8(9)10-6/h2-4H,1H3,(H2,9,10)/p+1. The van der Waals surface area contributed by atoms with E-state index in [0.29, 0.717) is 10.0 Å². The van der Waals surface area contributed by atoms with E-state index in [9.17, 15) is 8.42 Å². The van der Waals surface area contributed by atoms with Crippen LogP contribution in [0.1, 0.15) is 0 Å². The van der Waals surface area contributed by atoms with E-state index in [1.807, 2.05) is 0 Å². The zero-order valence-corrected chi connectivity index (χ0v) is 9.08. The molecule has 0 fully saturated rings. The highest BCUT2D eigenvalue weighted by Gasteiger charge is 2.11. The minimum absolute atomic E-state index is 0.320. The third kappa shape index (κ3) is 1.58. The Bertz CT molecular complexity index is 586. The van der Waals surface area contributed by atoms with Crippen molar-refractivity contribution >= 4 is 36.5 Å². The van der Waals surface area contributed by atoms with E-state index in [1.165, 1.54) is 17.6 Å². The summed E-state index contributed by atoms with van der Waals surface area (Å²) in [5.41, 5.74) is 6.42. The molecule has 0 aliphatic heterocycles. The number of nitrogen functional groups attached to an aromatic ring is 1. The molecular formula is C8H9N2O2S2+. The van der Waals surface area contributed by atoms with Crippen LogP contribution in [0.4, 0.5) is 5.13 Å². The molecule has 0 unspecified atom stereocenters. The summed E-state index contributed by atoms with van der Waals surface area (Å²) in [7, 11) is -3.13. The summed E-state index contributed by atoms with van der Waals surface area (Å²) >= 11 is 1.34. The van der Waals surface area contributed by atoms with Crippen molar-refractivity contribution in [1.82, 2.24) is 0 Å². The van der Waals surface area contributed by atoms with Crippen LogP contribution in [-0.2, 0) is 9.84 Å². The summed E-state index contributed by atoms with van der Waals surface area (Å²) in [6.45, 7) is 0. The molecule has 14 heavy (non-hydrogen) atoms. The van der Waals surface area contributed by atoms with Gasteiger partial charge in [0.25, 0.3) is 0 Å². The smallest absolute Gasteiger partial charge is 0.278 e. The fourth-order valence-electron chi connectivity index (χ4n) is 1.20. The maximum absolute atomic E-state index is 11.2. The number of H-pyrrole nitrogens is 1. The van der Waals surface area contributed by atoms with Gasteiger partial charge >= 0.3 is 5.13 Å². The first-order valence-electron chi connectivity index (χ1n) is 3.88. The topological polar surface area (TPSA) is 74.3 Å². The summed E-state index contributed by atoms with van der Waals surface area (Å²) in [5, 5.41) is 0.575. The molecule has 2 rings (SSSR count). The average molecular weight is 229 g/mol. The van der Waals surface area contributed by atoms with E-state index in [1.54, 1.807) is 18.2 Å². The lowest BCUT2D eigenvalue weighted by molar-refractivity contribution is -0.320. The molecule has 2 aromatic rings. The third-order valence-corrected chi connectivity index (χ3v) is 3.85. The SMILES string of the molecule is CS(=O)(=O)c1ccc2[nH+]c(N)sc2c1. The highest BCUT2D eigenvalue weighted by atomic mass is 32.2. The van der Waals surface area contributed by atoms with Gasteiger partial charge in [-0.05, 0) is 29.5 Å². The number of anilines is 1. The Morgan fingerprint density at radius 1 is 1.43 bits per heavy atom. The van der Waals surface area contributed by atoms with Gasteiger partial charge in [-0.3, -0.25) is 5.73 Å². The summed E-state index contributed by atoms with van der Waals surface area (Å²) in [6, 6.07) is 4.92. The predicted octanol–water partition coefficient (Wildman–Crippen LogP) is 0.701. The monoisotopic (exact) mass is 229 g/mol. The first-order valence-corrected chi connectivity index (χ1v) is 6.59. The van der Waals surface area contributed by atoms with Gasteiger partial charge in [0.2, 0.25) is 0 Å².